The Morgan fingerprint density at radius 2 is 2.00 bits per heavy atom. The fourth-order valence-electron chi connectivity index (χ4n) is 0.862. The number of hydrogen-bond donors (Lipinski definition) is 1. The summed E-state index contributed by atoms with van der Waals surface area (Å²) in [6, 6.07) is 0. The van der Waals surface area contributed by atoms with Crippen LogP contribution >= 0.6 is 0 Å². The summed E-state index contributed by atoms with van der Waals surface area (Å²) >= 11 is 0. The fourth-order valence-corrected chi connectivity index (χ4v) is 1.85. The number of rotatable bonds is 5. The van der Waals surface area contributed by atoms with Crippen LogP contribution in [0, 0.1) is 0 Å². The molecule has 76 valence electrons. The third kappa shape index (κ3) is 10.4. The molecule has 0 rings (SSSR count). The largest absolute Gasteiger partial charge is 1.00 e. The molecule has 0 heterocycles. The van der Waals surface area contributed by atoms with Gasteiger partial charge in [-0.3, -0.25) is 0 Å². The first-order valence-electron chi connectivity index (χ1n) is 3.65. The van der Waals surface area contributed by atoms with Gasteiger partial charge >= 0.3 is 29.6 Å². The van der Waals surface area contributed by atoms with Gasteiger partial charge in [0.1, 0.15) is 5.94 Å². The van der Waals surface area contributed by atoms with Crippen molar-refractivity contribution >= 4 is 16.1 Å². The second-order valence-corrected chi connectivity index (χ2v) is 4.69. The summed E-state index contributed by atoms with van der Waals surface area (Å²) in [6.07, 6.45) is 1.18. The van der Waals surface area contributed by atoms with Gasteiger partial charge in [0.15, 0.2) is 0 Å². The van der Waals surface area contributed by atoms with Crippen molar-refractivity contribution < 1.29 is 47.3 Å². The van der Waals surface area contributed by atoms with Crippen LogP contribution in [0.2, 0.25) is 0 Å². The zero-order valence-electron chi connectivity index (χ0n) is 8.53. The predicted molar refractivity (Wildman–Crippen MR) is 46.9 cm³/mol. The molecule has 7 heteroatoms. The fraction of sp³-hybridized carbons (Fsp3) is 0.714. The van der Waals surface area contributed by atoms with E-state index in [1.54, 1.807) is 13.8 Å². The normalized spacial score (nSPS) is 11.4. The summed E-state index contributed by atoms with van der Waals surface area (Å²) < 4.78 is 31.2. The van der Waals surface area contributed by atoms with Gasteiger partial charge in [-0.2, -0.15) is 0 Å². The first kappa shape index (κ1) is 16.7. The first-order valence-corrected chi connectivity index (χ1v) is 5.22. The molecule has 0 unspecified atom stereocenters. The summed E-state index contributed by atoms with van der Waals surface area (Å²) in [6.45, 7) is 3.34. The van der Waals surface area contributed by atoms with Gasteiger partial charge in [-0.15, -0.1) is 0 Å². The van der Waals surface area contributed by atoms with Crippen molar-refractivity contribution in [3.05, 3.63) is 6.08 Å². The molecule has 0 saturated carbocycles. The van der Waals surface area contributed by atoms with Crippen LogP contribution in [-0.4, -0.2) is 36.7 Å². The Morgan fingerprint density at radius 1 is 1.50 bits per heavy atom. The molecule has 0 radical (unpaired) electrons. The van der Waals surface area contributed by atoms with Gasteiger partial charge in [0, 0.05) is 18.2 Å². The maximum Gasteiger partial charge on any atom is 1.00 e. The zero-order valence-corrected chi connectivity index (χ0v) is 11.3. The van der Waals surface area contributed by atoms with Crippen LogP contribution in [-0.2, 0) is 14.9 Å². The van der Waals surface area contributed by atoms with E-state index in [1.807, 2.05) is 0 Å². The number of carbonyl (C=O) groups excluding carboxylic acids is 1. The smallest absolute Gasteiger partial charge is 0.748 e. The minimum Gasteiger partial charge on any atom is -0.748 e. The molecule has 0 saturated heterocycles. The van der Waals surface area contributed by atoms with Gasteiger partial charge in [-0.05, 0) is 13.8 Å². The molecule has 1 N–H and O–H groups in total. The summed E-state index contributed by atoms with van der Waals surface area (Å²) in [5.74, 6) is 1.03. The molecule has 0 aliphatic carbocycles. The molecular weight excluding hydrogens is 217 g/mol. The van der Waals surface area contributed by atoms with Crippen LogP contribution in [0.25, 0.3) is 0 Å². The van der Waals surface area contributed by atoms with Gasteiger partial charge in [0.25, 0.3) is 0 Å². The molecule has 0 aromatic carbocycles. The van der Waals surface area contributed by atoms with Crippen LogP contribution in [0.15, 0.2) is 6.08 Å². The molecular formula is C7H12NNaO4S. The van der Waals surface area contributed by atoms with Crippen molar-refractivity contribution in [1.29, 1.82) is 0 Å². The van der Waals surface area contributed by atoms with Crippen LogP contribution < -0.4 is 34.9 Å². The molecule has 0 amide bonds. The average molecular weight is 229 g/mol. The average Bonchev–Trinajstić information content (AvgIpc) is 1.81. The molecule has 0 aromatic rings. The van der Waals surface area contributed by atoms with E-state index in [9.17, 15) is 17.8 Å². The van der Waals surface area contributed by atoms with E-state index in [0.29, 0.717) is 0 Å². The SMILES string of the molecule is CC(C)(CS(=O)(=O)[O-])NCC=C=O.[Na+]. The second-order valence-electron chi connectivity index (χ2n) is 3.29. The van der Waals surface area contributed by atoms with Crippen molar-refractivity contribution in [1.82, 2.24) is 5.32 Å². The van der Waals surface area contributed by atoms with Gasteiger partial charge in [0.2, 0.25) is 0 Å². The first-order chi connectivity index (χ1) is 5.77. The topological polar surface area (TPSA) is 86.3 Å². The quantitative estimate of drug-likeness (QED) is 0.298. The Labute approximate surface area is 106 Å². The Balaban J connectivity index is 0. The Hall–Kier alpha value is 0.320. The summed E-state index contributed by atoms with van der Waals surface area (Å²) in [4.78, 5) is 9.78. The Bertz CT molecular complexity index is 306. The van der Waals surface area contributed by atoms with Gasteiger partial charge < -0.3 is 9.87 Å². The van der Waals surface area contributed by atoms with E-state index >= 15 is 0 Å². The van der Waals surface area contributed by atoms with Gasteiger partial charge in [-0.1, -0.05) is 0 Å². The van der Waals surface area contributed by atoms with Crippen molar-refractivity contribution in [2.24, 2.45) is 0 Å². The minimum atomic E-state index is -4.24. The minimum absolute atomic E-state index is 0. The standard InChI is InChI=1S/C7H13NO4S.Na/c1-7(2,6-13(10,11)12)8-4-3-5-9;/h3,8H,4,6H2,1-2H3,(H,10,11,12);/q;+1/p-1. The van der Waals surface area contributed by atoms with E-state index in [1.165, 1.54) is 12.0 Å². The van der Waals surface area contributed by atoms with E-state index < -0.39 is 21.4 Å². The van der Waals surface area contributed by atoms with Gasteiger partial charge in [-0.25, -0.2) is 13.2 Å². The zero-order chi connectivity index (χ0) is 10.5. The Morgan fingerprint density at radius 3 is 2.36 bits per heavy atom. The number of nitrogens with one attached hydrogen (secondary N) is 1. The molecule has 0 spiro atoms. The predicted octanol–water partition coefficient (Wildman–Crippen LogP) is -3.71. The molecule has 0 fully saturated rings. The van der Waals surface area contributed by atoms with E-state index in [2.05, 4.69) is 5.32 Å². The summed E-state index contributed by atoms with van der Waals surface area (Å²) in [5, 5.41) is 2.72. The van der Waals surface area contributed by atoms with E-state index in [0.717, 1.165) is 0 Å². The van der Waals surface area contributed by atoms with Gasteiger partial charge in [0.05, 0.1) is 15.9 Å². The van der Waals surface area contributed by atoms with Crippen LogP contribution in [0.3, 0.4) is 0 Å². The maximum absolute atomic E-state index is 10.4. The van der Waals surface area contributed by atoms with E-state index in [-0.39, 0.29) is 36.1 Å². The van der Waals surface area contributed by atoms with Crippen molar-refractivity contribution in [3.8, 4) is 0 Å². The molecule has 0 bridgehead atoms. The van der Waals surface area contributed by atoms with Crippen molar-refractivity contribution in [3.63, 3.8) is 0 Å². The van der Waals surface area contributed by atoms with Crippen molar-refractivity contribution in [2.45, 2.75) is 19.4 Å². The van der Waals surface area contributed by atoms with Crippen LogP contribution in [0.1, 0.15) is 13.8 Å². The second kappa shape index (κ2) is 6.74. The monoisotopic (exact) mass is 229 g/mol. The maximum atomic E-state index is 10.4. The Kier molecular flexibility index (Phi) is 8.06. The third-order valence-electron chi connectivity index (χ3n) is 1.30. The molecule has 0 atom stereocenters. The molecule has 0 aromatic heterocycles. The third-order valence-corrected chi connectivity index (χ3v) is 2.38. The van der Waals surface area contributed by atoms with E-state index in [4.69, 9.17) is 0 Å². The van der Waals surface area contributed by atoms with Crippen LogP contribution in [0.4, 0.5) is 0 Å². The van der Waals surface area contributed by atoms with Crippen molar-refractivity contribution in [2.75, 3.05) is 12.3 Å². The molecule has 0 aliphatic rings. The molecule has 14 heavy (non-hydrogen) atoms. The molecule has 0 aliphatic heterocycles. The summed E-state index contributed by atoms with van der Waals surface area (Å²) in [5.41, 5.74) is -0.825. The van der Waals surface area contributed by atoms with Crippen LogP contribution in [0.5, 0.6) is 0 Å². The number of hydrogen-bond acceptors (Lipinski definition) is 5. The summed E-state index contributed by atoms with van der Waals surface area (Å²) in [7, 11) is -4.24. The molecule has 5 nitrogen and oxygen atoms in total.